The van der Waals surface area contributed by atoms with Gasteiger partial charge in [-0.05, 0) is 25.4 Å². The lowest BCUT2D eigenvalue weighted by Gasteiger charge is -2.38. The molecule has 1 aliphatic heterocycles. The van der Waals surface area contributed by atoms with E-state index in [9.17, 15) is 0 Å². The summed E-state index contributed by atoms with van der Waals surface area (Å²) in [7, 11) is 3.78. The van der Waals surface area contributed by atoms with E-state index < -0.39 is 0 Å². The average molecular weight is 318 g/mol. The van der Waals surface area contributed by atoms with Gasteiger partial charge in [-0.15, -0.1) is 0 Å². The molecule has 0 atom stereocenters. The van der Waals surface area contributed by atoms with Gasteiger partial charge in [0, 0.05) is 52.6 Å². The summed E-state index contributed by atoms with van der Waals surface area (Å²) < 4.78 is 53.4. The molecule has 1 rings (SSSR count). The summed E-state index contributed by atoms with van der Waals surface area (Å²) in [6.45, 7) is 2.47. The van der Waals surface area contributed by atoms with Gasteiger partial charge in [0.05, 0.1) is 12.1 Å². The number of hydrogen-bond acceptors (Lipinski definition) is 3. The third-order valence-corrected chi connectivity index (χ3v) is 2.75. The minimum atomic E-state index is -0.210. The van der Waals surface area contributed by atoms with Crippen LogP contribution in [0.3, 0.4) is 0 Å². The van der Waals surface area contributed by atoms with Crippen molar-refractivity contribution in [2.45, 2.75) is 18.4 Å². The first-order valence-corrected chi connectivity index (χ1v) is 4.90. The van der Waals surface area contributed by atoms with Crippen molar-refractivity contribution in [3.05, 3.63) is 10.4 Å². The van der Waals surface area contributed by atoms with Gasteiger partial charge >= 0.3 is 0 Å². The molecule has 5 nitrogen and oxygen atoms in total. The number of piperidine rings is 1. The van der Waals surface area contributed by atoms with Crippen LogP contribution < -0.4 is 0 Å². The number of methoxy groups -OCH3 is 1. The summed E-state index contributed by atoms with van der Waals surface area (Å²) in [6, 6.07) is 0. The molecule has 0 unspecified atom stereocenters. The van der Waals surface area contributed by atoms with Crippen LogP contribution in [0.4, 0.5) is 32.1 Å². The summed E-state index contributed by atoms with van der Waals surface area (Å²) in [4.78, 5) is 5.03. The van der Waals surface area contributed by atoms with Gasteiger partial charge in [0.2, 0.25) is 0 Å². The van der Waals surface area contributed by atoms with Crippen LogP contribution in [0.25, 0.3) is 10.4 Å². The van der Waals surface area contributed by atoms with Crippen molar-refractivity contribution in [3.63, 3.8) is 0 Å². The highest BCUT2D eigenvalue weighted by Gasteiger charge is 2.32. The van der Waals surface area contributed by atoms with Crippen molar-refractivity contribution >= 4 is 0 Å². The molecule has 124 valence electrons. The van der Waals surface area contributed by atoms with Crippen molar-refractivity contribution in [1.29, 1.82) is 0 Å². The van der Waals surface area contributed by atoms with E-state index in [1.807, 2.05) is 0 Å². The van der Waals surface area contributed by atoms with Crippen LogP contribution in [0.15, 0.2) is 5.11 Å². The van der Waals surface area contributed by atoms with Gasteiger partial charge in [-0.2, -0.15) is 0 Å². The van der Waals surface area contributed by atoms with Gasteiger partial charge in [0.15, 0.2) is 0 Å². The van der Waals surface area contributed by atoms with E-state index in [0.29, 0.717) is 6.54 Å². The van der Waals surface area contributed by atoms with Gasteiger partial charge in [-0.3, -0.25) is 4.70 Å². The van der Waals surface area contributed by atoms with E-state index in [-0.39, 0.29) is 10.3 Å². The number of nitrogens with zero attached hydrogens (tertiary/aromatic N) is 4. The summed E-state index contributed by atoms with van der Waals surface area (Å²) in [5.74, 6) is 0. The summed E-state index contributed by atoms with van der Waals surface area (Å²) in [6.07, 6.45) is 1.89. The molecule has 20 heavy (non-hydrogen) atoms. The number of ether oxygens (including phenoxy) is 1. The predicted octanol–water partition coefficient (Wildman–Crippen LogP) is 4.08. The van der Waals surface area contributed by atoms with Gasteiger partial charge in [0.25, 0.3) is 0 Å². The molecule has 0 amide bonds. The van der Waals surface area contributed by atoms with Crippen molar-refractivity contribution in [3.8, 4) is 0 Å². The van der Waals surface area contributed by atoms with Crippen LogP contribution in [-0.4, -0.2) is 44.3 Å². The Bertz CT molecular complexity index is 223. The highest BCUT2D eigenvalue weighted by atomic mass is 20.0. The lowest BCUT2D eigenvalue weighted by molar-refractivity contribution is -0.0455. The molecule has 1 aliphatic rings. The van der Waals surface area contributed by atoms with Gasteiger partial charge in [-0.1, -0.05) is 5.11 Å². The lowest BCUT2D eigenvalue weighted by atomic mass is 9.91. The molecule has 1 heterocycles. The van der Waals surface area contributed by atoms with Gasteiger partial charge in [-0.25, -0.2) is 0 Å². The molecule has 0 N–H and O–H groups in total. The number of likely N-dealkylation sites (tertiary alicyclic amines) is 1. The Morgan fingerprint density at radius 3 is 1.85 bits per heavy atom. The highest BCUT2D eigenvalue weighted by molar-refractivity contribution is 4.88. The minimum Gasteiger partial charge on any atom is -0.378 e. The monoisotopic (exact) mass is 318 g/mol. The second-order valence-corrected chi connectivity index (χ2v) is 3.58. The maximum atomic E-state index is 8.25. The Labute approximate surface area is 111 Å². The van der Waals surface area contributed by atoms with Crippen molar-refractivity contribution in [2.24, 2.45) is 5.11 Å². The molecular formula is C8H17F7N4O. The smallest absolute Gasteiger partial charge is 0.0759 e. The highest BCUT2D eigenvalue weighted by Crippen LogP contribution is 2.25. The van der Waals surface area contributed by atoms with Crippen LogP contribution >= 0.6 is 0 Å². The topological polar surface area (TPSA) is 61.2 Å². The van der Waals surface area contributed by atoms with Gasteiger partial charge in [0.1, 0.15) is 0 Å². The Morgan fingerprint density at radius 2 is 1.55 bits per heavy atom. The first-order valence-electron chi connectivity index (χ1n) is 4.90. The first-order chi connectivity index (χ1) is 9.22. The number of azide groups is 1. The van der Waals surface area contributed by atoms with Crippen molar-refractivity contribution < 1.29 is 36.9 Å². The maximum absolute atomic E-state index is 8.25. The van der Waals surface area contributed by atoms with Crippen LogP contribution in [0, 0.1) is 0 Å². The molecule has 0 bridgehead atoms. The Hall–Kier alpha value is -1.26. The second-order valence-electron chi connectivity index (χ2n) is 3.58. The fourth-order valence-electron chi connectivity index (χ4n) is 1.61. The first kappa shape index (κ1) is 27.1. The molecular weight excluding hydrogens is 301 g/mol. The normalized spacial score (nSPS) is 15.4. The second kappa shape index (κ2) is 20.1. The van der Waals surface area contributed by atoms with E-state index in [1.54, 1.807) is 7.11 Å². The zero-order chi connectivity index (χ0) is 15.7. The standard InChI is InChI=1S/C8H16N4O.3F2.FH/c1-12-5-3-8(13-2,4-6-12)7-10-11-9;3*1-2;/h3-7H2,1-2H3;;;;1H. The van der Waals surface area contributed by atoms with E-state index in [4.69, 9.17) is 37.7 Å². The largest absolute Gasteiger partial charge is 0.378 e. The Balaban J connectivity index is -0.000000162. The molecule has 0 aromatic carbocycles. The van der Waals surface area contributed by atoms with Crippen LogP contribution in [0.5, 0.6) is 0 Å². The SMILES string of the molecule is COC1(CN=[N+]=[N-])CCN(C)CC1.F.FF.FF.FF. The summed E-state index contributed by atoms with van der Waals surface area (Å²) in [5.41, 5.74) is 8.04. The Morgan fingerprint density at radius 1 is 1.15 bits per heavy atom. The molecule has 12 heteroatoms. The zero-order valence-electron chi connectivity index (χ0n) is 10.9. The lowest BCUT2D eigenvalue weighted by Crippen LogP contribution is -2.46. The van der Waals surface area contributed by atoms with E-state index in [1.165, 1.54) is 0 Å². The Kier molecular flexibility index (Phi) is 27.2. The third-order valence-electron chi connectivity index (χ3n) is 2.75. The number of halogens is 7. The van der Waals surface area contributed by atoms with Crippen molar-refractivity contribution in [1.82, 2.24) is 4.90 Å². The number of rotatable bonds is 3. The molecule has 1 saturated heterocycles. The van der Waals surface area contributed by atoms with Gasteiger partial charge < -0.3 is 9.64 Å². The van der Waals surface area contributed by atoms with E-state index >= 15 is 0 Å². The van der Waals surface area contributed by atoms with Crippen molar-refractivity contribution in [2.75, 3.05) is 33.8 Å². The molecule has 0 aromatic heterocycles. The minimum absolute atomic E-state index is 0. The number of hydrogen-bond donors (Lipinski definition) is 0. The third kappa shape index (κ3) is 11.8. The molecule has 0 aliphatic carbocycles. The molecule has 1 fully saturated rings. The average Bonchev–Trinajstić information content (AvgIpc) is 2.53. The van der Waals surface area contributed by atoms with Crippen LogP contribution in [0.1, 0.15) is 12.8 Å². The molecule has 0 spiro atoms. The van der Waals surface area contributed by atoms with Crippen LogP contribution in [0.2, 0.25) is 0 Å². The molecule has 0 aromatic rings. The predicted molar refractivity (Wildman–Crippen MR) is 59.6 cm³/mol. The summed E-state index contributed by atoms with van der Waals surface area (Å²) >= 11 is 0. The van der Waals surface area contributed by atoms with Crippen LogP contribution in [-0.2, 0) is 4.74 Å². The molecule has 0 saturated carbocycles. The summed E-state index contributed by atoms with van der Waals surface area (Å²) in [5, 5.41) is 3.60. The van der Waals surface area contributed by atoms with E-state index in [2.05, 4.69) is 22.0 Å². The van der Waals surface area contributed by atoms with E-state index in [0.717, 1.165) is 25.9 Å². The maximum Gasteiger partial charge on any atom is 0.0759 e. The fourth-order valence-corrected chi connectivity index (χ4v) is 1.61. The fraction of sp³-hybridized carbons (Fsp3) is 1.00. The molecule has 0 radical (unpaired) electrons. The zero-order valence-corrected chi connectivity index (χ0v) is 10.9. The quantitative estimate of drug-likeness (QED) is 0.341.